The zero-order valence-electron chi connectivity index (χ0n) is 14.5. The van der Waals surface area contributed by atoms with Crippen LogP contribution in [-0.2, 0) is 19.5 Å². The number of H-pyrrole nitrogens is 1. The highest BCUT2D eigenvalue weighted by Gasteiger charge is 2.23. The van der Waals surface area contributed by atoms with E-state index >= 15 is 0 Å². The number of methoxy groups -OCH3 is 1. The summed E-state index contributed by atoms with van der Waals surface area (Å²) in [5, 5.41) is 4.03. The number of rotatable bonds is 4. The normalized spacial score (nSPS) is 14.2. The fraction of sp³-hybridized carbons (Fsp3) is 0.250. The lowest BCUT2D eigenvalue weighted by Crippen LogP contribution is -2.31. The first kappa shape index (κ1) is 16.9. The summed E-state index contributed by atoms with van der Waals surface area (Å²) >= 11 is 6.08. The average molecular weight is 370 g/mol. The second-order valence-corrected chi connectivity index (χ2v) is 6.93. The third kappa shape index (κ3) is 3.28. The Bertz CT molecular complexity index is 975. The van der Waals surface area contributed by atoms with Crippen LogP contribution in [0.5, 0.6) is 5.75 Å². The van der Waals surface area contributed by atoms with Crippen molar-refractivity contribution in [1.29, 1.82) is 0 Å². The van der Waals surface area contributed by atoms with Crippen molar-refractivity contribution < 1.29 is 4.74 Å². The monoisotopic (exact) mass is 369 g/mol. The van der Waals surface area contributed by atoms with Gasteiger partial charge < -0.3 is 4.74 Å². The molecule has 0 fully saturated rings. The fourth-order valence-corrected chi connectivity index (χ4v) is 3.63. The van der Waals surface area contributed by atoms with Gasteiger partial charge in [0.05, 0.1) is 18.5 Å². The summed E-state index contributed by atoms with van der Waals surface area (Å²) in [5.74, 6) is 0.769. The van der Waals surface area contributed by atoms with Crippen molar-refractivity contribution in [2.75, 3.05) is 13.7 Å². The Morgan fingerprint density at radius 2 is 2.00 bits per heavy atom. The SMILES string of the molecule is COc1ccc(-n2[nH]c3c(c2=O)CCN(Cc2cccc(Cl)c2)C3)cc1. The van der Waals surface area contributed by atoms with Crippen molar-refractivity contribution in [3.8, 4) is 11.4 Å². The maximum Gasteiger partial charge on any atom is 0.274 e. The van der Waals surface area contributed by atoms with Gasteiger partial charge in [0, 0.05) is 30.2 Å². The molecule has 0 saturated carbocycles. The Hall–Kier alpha value is -2.50. The van der Waals surface area contributed by atoms with Crippen molar-refractivity contribution in [1.82, 2.24) is 14.7 Å². The topological polar surface area (TPSA) is 50.3 Å². The lowest BCUT2D eigenvalue weighted by molar-refractivity contribution is 0.242. The number of hydrogen-bond donors (Lipinski definition) is 1. The lowest BCUT2D eigenvalue weighted by Gasteiger charge is -2.26. The molecule has 3 aromatic rings. The molecule has 1 N–H and O–H groups in total. The summed E-state index contributed by atoms with van der Waals surface area (Å²) in [4.78, 5) is 15.1. The molecule has 4 rings (SSSR count). The van der Waals surface area contributed by atoms with Crippen LogP contribution in [-0.4, -0.2) is 28.3 Å². The van der Waals surface area contributed by atoms with E-state index in [4.69, 9.17) is 16.3 Å². The summed E-state index contributed by atoms with van der Waals surface area (Å²) in [6, 6.07) is 15.4. The number of halogens is 1. The molecule has 0 radical (unpaired) electrons. The van der Waals surface area contributed by atoms with Gasteiger partial charge in [-0.2, -0.15) is 0 Å². The highest BCUT2D eigenvalue weighted by molar-refractivity contribution is 6.30. The van der Waals surface area contributed by atoms with Gasteiger partial charge in [0.25, 0.3) is 5.56 Å². The molecule has 6 heteroatoms. The minimum absolute atomic E-state index is 0.0348. The minimum atomic E-state index is 0.0348. The molecule has 1 aliphatic heterocycles. The molecule has 0 unspecified atom stereocenters. The molecule has 1 aromatic heterocycles. The molecule has 0 aliphatic carbocycles. The van der Waals surface area contributed by atoms with E-state index in [2.05, 4.69) is 16.1 Å². The van der Waals surface area contributed by atoms with Gasteiger partial charge in [0.2, 0.25) is 0 Å². The molecule has 2 heterocycles. The summed E-state index contributed by atoms with van der Waals surface area (Å²) in [5.41, 5.74) is 3.89. The van der Waals surface area contributed by atoms with Crippen LogP contribution in [0.3, 0.4) is 0 Å². The van der Waals surface area contributed by atoms with Crippen LogP contribution in [0.4, 0.5) is 0 Å². The molecule has 0 amide bonds. The number of nitrogens with zero attached hydrogens (tertiary/aromatic N) is 2. The molecule has 0 bridgehead atoms. The molecule has 0 atom stereocenters. The van der Waals surface area contributed by atoms with E-state index in [1.165, 1.54) is 5.56 Å². The molecule has 5 nitrogen and oxygen atoms in total. The predicted molar refractivity (Wildman–Crippen MR) is 102 cm³/mol. The number of nitrogens with one attached hydrogen (secondary N) is 1. The zero-order valence-corrected chi connectivity index (χ0v) is 15.3. The van der Waals surface area contributed by atoms with E-state index < -0.39 is 0 Å². The van der Waals surface area contributed by atoms with E-state index in [-0.39, 0.29) is 5.56 Å². The Labute approximate surface area is 156 Å². The lowest BCUT2D eigenvalue weighted by atomic mass is 10.1. The van der Waals surface area contributed by atoms with Crippen molar-refractivity contribution in [3.05, 3.63) is 80.7 Å². The Morgan fingerprint density at radius 3 is 2.73 bits per heavy atom. The highest BCUT2D eigenvalue weighted by Crippen LogP contribution is 2.20. The Morgan fingerprint density at radius 1 is 1.19 bits per heavy atom. The summed E-state index contributed by atoms with van der Waals surface area (Å²) in [6.07, 6.45) is 0.744. The molecule has 2 aromatic carbocycles. The van der Waals surface area contributed by atoms with E-state index in [0.717, 1.165) is 53.8 Å². The number of hydrogen-bond acceptors (Lipinski definition) is 3. The molecule has 0 spiro atoms. The maximum atomic E-state index is 12.7. The van der Waals surface area contributed by atoms with Crippen LogP contribution in [0.2, 0.25) is 5.02 Å². The number of aromatic nitrogens is 2. The summed E-state index contributed by atoms with van der Waals surface area (Å²) in [7, 11) is 1.63. The van der Waals surface area contributed by atoms with E-state index in [1.807, 2.05) is 42.5 Å². The second-order valence-electron chi connectivity index (χ2n) is 6.50. The third-order valence-electron chi connectivity index (χ3n) is 4.76. The van der Waals surface area contributed by atoms with Gasteiger partial charge in [-0.15, -0.1) is 0 Å². The average Bonchev–Trinajstić information content (AvgIpc) is 2.98. The van der Waals surface area contributed by atoms with Gasteiger partial charge >= 0.3 is 0 Å². The van der Waals surface area contributed by atoms with Gasteiger partial charge in [0.1, 0.15) is 5.75 Å². The van der Waals surface area contributed by atoms with Crippen molar-refractivity contribution >= 4 is 11.6 Å². The van der Waals surface area contributed by atoms with Crippen LogP contribution in [0.1, 0.15) is 16.8 Å². The van der Waals surface area contributed by atoms with E-state index in [9.17, 15) is 4.79 Å². The van der Waals surface area contributed by atoms with Gasteiger partial charge in [-0.05, 0) is 48.4 Å². The molecular formula is C20H20ClN3O2. The van der Waals surface area contributed by atoms with Gasteiger partial charge in [-0.3, -0.25) is 14.8 Å². The van der Waals surface area contributed by atoms with E-state index in [0.29, 0.717) is 0 Å². The predicted octanol–water partition coefficient (Wildman–Crippen LogP) is 3.39. The quantitative estimate of drug-likeness (QED) is 0.767. The van der Waals surface area contributed by atoms with Gasteiger partial charge in [-0.25, -0.2) is 4.68 Å². The zero-order chi connectivity index (χ0) is 18.1. The van der Waals surface area contributed by atoms with Crippen LogP contribution in [0, 0.1) is 0 Å². The van der Waals surface area contributed by atoms with Crippen molar-refractivity contribution in [2.24, 2.45) is 0 Å². The first-order valence-electron chi connectivity index (χ1n) is 8.58. The molecule has 26 heavy (non-hydrogen) atoms. The standard InChI is InChI=1S/C20H20ClN3O2/c1-26-17-7-5-16(6-8-17)24-20(25)18-9-10-23(13-19(18)22-24)12-14-3-2-4-15(21)11-14/h2-8,11,22H,9-10,12-13H2,1H3. The van der Waals surface area contributed by atoms with Crippen molar-refractivity contribution in [2.45, 2.75) is 19.5 Å². The molecule has 134 valence electrons. The van der Waals surface area contributed by atoms with Gasteiger partial charge in [0.15, 0.2) is 0 Å². The number of fused-ring (bicyclic) bond motifs is 1. The summed E-state index contributed by atoms with van der Waals surface area (Å²) < 4.78 is 6.80. The van der Waals surface area contributed by atoms with Crippen molar-refractivity contribution in [3.63, 3.8) is 0 Å². The maximum absolute atomic E-state index is 12.7. The third-order valence-corrected chi connectivity index (χ3v) is 4.99. The minimum Gasteiger partial charge on any atom is -0.497 e. The van der Waals surface area contributed by atoms with Crippen LogP contribution < -0.4 is 10.3 Å². The first-order chi connectivity index (χ1) is 12.6. The molecule has 0 saturated heterocycles. The highest BCUT2D eigenvalue weighted by atomic mass is 35.5. The Kier molecular flexibility index (Phi) is 4.57. The number of ether oxygens (including phenoxy) is 1. The van der Waals surface area contributed by atoms with Crippen LogP contribution in [0.15, 0.2) is 53.3 Å². The van der Waals surface area contributed by atoms with Crippen LogP contribution >= 0.6 is 11.6 Å². The van der Waals surface area contributed by atoms with E-state index in [1.54, 1.807) is 11.8 Å². The Balaban J connectivity index is 1.57. The van der Waals surface area contributed by atoms with Gasteiger partial charge in [-0.1, -0.05) is 23.7 Å². The molecule has 1 aliphatic rings. The number of aromatic amines is 1. The fourth-order valence-electron chi connectivity index (χ4n) is 3.42. The van der Waals surface area contributed by atoms with Crippen LogP contribution in [0.25, 0.3) is 5.69 Å². The number of benzene rings is 2. The first-order valence-corrected chi connectivity index (χ1v) is 8.96. The summed E-state index contributed by atoms with van der Waals surface area (Å²) in [6.45, 7) is 2.39. The second kappa shape index (κ2) is 7.02. The smallest absolute Gasteiger partial charge is 0.274 e. The largest absolute Gasteiger partial charge is 0.497 e. The molecular weight excluding hydrogens is 350 g/mol.